The molecule has 0 aliphatic rings. The Morgan fingerprint density at radius 3 is 2.35 bits per heavy atom. The largest absolute Gasteiger partial charge is 0.323 e. The molecule has 9 nitrogen and oxygen atoms in total. The summed E-state index contributed by atoms with van der Waals surface area (Å²) in [7, 11) is 0. The van der Waals surface area contributed by atoms with Crippen LogP contribution in [0.2, 0.25) is 0 Å². The molecule has 3 aromatic rings. The van der Waals surface area contributed by atoms with Crippen molar-refractivity contribution in [3.05, 3.63) is 68.3 Å². The number of nitrogens with one attached hydrogen (secondary N) is 1. The molecule has 0 fully saturated rings. The van der Waals surface area contributed by atoms with Gasteiger partial charge in [0.05, 0.1) is 28.5 Å². The Hall–Kier alpha value is -3.49. The second-order valence-electron chi connectivity index (χ2n) is 7.78. The smallest absolute Gasteiger partial charge is 0.312 e. The number of nitro groups is 1. The van der Waals surface area contributed by atoms with E-state index in [0.717, 1.165) is 17.1 Å². The Labute approximate surface area is 181 Å². The number of benzene rings is 1. The molecule has 0 saturated heterocycles. The summed E-state index contributed by atoms with van der Waals surface area (Å²) in [5.41, 5.74) is 5.73. The third kappa shape index (κ3) is 4.82. The number of amides is 1. The van der Waals surface area contributed by atoms with E-state index in [-0.39, 0.29) is 18.0 Å². The summed E-state index contributed by atoms with van der Waals surface area (Å²) in [5, 5.41) is 22.9. The molecule has 0 saturated carbocycles. The summed E-state index contributed by atoms with van der Waals surface area (Å²) in [6.45, 7) is 10.3. The van der Waals surface area contributed by atoms with Crippen LogP contribution in [0.25, 0.3) is 0 Å². The van der Waals surface area contributed by atoms with Crippen LogP contribution in [0.15, 0.2) is 24.3 Å². The molecule has 9 heteroatoms. The van der Waals surface area contributed by atoms with E-state index in [0.29, 0.717) is 30.9 Å². The van der Waals surface area contributed by atoms with E-state index in [2.05, 4.69) is 34.6 Å². The molecule has 0 spiro atoms. The van der Waals surface area contributed by atoms with Crippen LogP contribution >= 0.6 is 0 Å². The lowest BCUT2D eigenvalue weighted by Crippen LogP contribution is -2.14. The molecular weight excluding hydrogens is 396 g/mol. The molecule has 2 heterocycles. The van der Waals surface area contributed by atoms with Crippen LogP contribution < -0.4 is 5.32 Å². The second kappa shape index (κ2) is 9.11. The van der Waals surface area contributed by atoms with Crippen LogP contribution in [-0.2, 0) is 17.9 Å². The van der Waals surface area contributed by atoms with Crippen LogP contribution in [-0.4, -0.2) is 30.4 Å². The standard InChI is InChI=1S/C22H28N6O3/c1-14-9-6-7-10-19(14)13-27-17(4)21(15(2)24-27)23-20(29)11-8-12-26-18(5)22(28(30)31)16(3)25-26/h6-7,9-10H,8,11-13H2,1-5H3,(H,23,29). The Morgan fingerprint density at radius 2 is 1.71 bits per heavy atom. The normalized spacial score (nSPS) is 11.0. The van der Waals surface area contributed by atoms with Crippen LogP contribution in [0.3, 0.4) is 0 Å². The van der Waals surface area contributed by atoms with Gasteiger partial charge in [-0.1, -0.05) is 24.3 Å². The maximum Gasteiger partial charge on any atom is 0.312 e. The van der Waals surface area contributed by atoms with Gasteiger partial charge in [-0.2, -0.15) is 10.2 Å². The lowest BCUT2D eigenvalue weighted by molar-refractivity contribution is -0.386. The fourth-order valence-corrected chi connectivity index (χ4v) is 3.74. The van der Waals surface area contributed by atoms with Crippen molar-refractivity contribution in [2.45, 2.75) is 60.5 Å². The Balaban J connectivity index is 1.61. The quantitative estimate of drug-likeness (QED) is 0.434. The minimum Gasteiger partial charge on any atom is -0.323 e. The second-order valence-corrected chi connectivity index (χ2v) is 7.78. The highest BCUT2D eigenvalue weighted by Gasteiger charge is 2.21. The van der Waals surface area contributed by atoms with Crippen molar-refractivity contribution >= 4 is 17.3 Å². The maximum atomic E-state index is 12.5. The molecule has 31 heavy (non-hydrogen) atoms. The average molecular weight is 425 g/mol. The lowest BCUT2D eigenvalue weighted by Gasteiger charge is -2.09. The maximum absolute atomic E-state index is 12.5. The van der Waals surface area contributed by atoms with Crippen LogP contribution in [0.4, 0.5) is 11.4 Å². The van der Waals surface area contributed by atoms with Crippen molar-refractivity contribution in [3.63, 3.8) is 0 Å². The van der Waals surface area contributed by atoms with E-state index in [1.54, 1.807) is 18.5 Å². The number of nitrogens with zero attached hydrogens (tertiary/aromatic N) is 5. The first-order valence-electron chi connectivity index (χ1n) is 10.3. The molecule has 3 rings (SSSR count). The van der Waals surface area contributed by atoms with Gasteiger partial charge >= 0.3 is 5.69 Å². The van der Waals surface area contributed by atoms with Crippen molar-refractivity contribution in [1.82, 2.24) is 19.6 Å². The van der Waals surface area contributed by atoms with Gasteiger partial charge in [-0.15, -0.1) is 0 Å². The molecule has 1 amide bonds. The van der Waals surface area contributed by atoms with Crippen molar-refractivity contribution in [2.75, 3.05) is 5.32 Å². The molecule has 0 radical (unpaired) electrons. The van der Waals surface area contributed by atoms with Gasteiger partial charge in [0.1, 0.15) is 11.4 Å². The van der Waals surface area contributed by atoms with Crippen molar-refractivity contribution in [3.8, 4) is 0 Å². The number of carbonyl (C=O) groups is 1. The SMILES string of the molecule is Cc1ccccc1Cn1nc(C)c(NC(=O)CCCn2nc(C)c([N+](=O)[O-])c2C)c1C. The van der Waals surface area contributed by atoms with Crippen molar-refractivity contribution < 1.29 is 9.72 Å². The zero-order valence-corrected chi connectivity index (χ0v) is 18.6. The first-order chi connectivity index (χ1) is 14.7. The molecule has 1 N–H and O–H groups in total. The fourth-order valence-electron chi connectivity index (χ4n) is 3.74. The van der Waals surface area contributed by atoms with E-state index in [9.17, 15) is 14.9 Å². The summed E-state index contributed by atoms with van der Waals surface area (Å²) in [4.78, 5) is 23.2. The topological polar surface area (TPSA) is 108 Å². The number of anilines is 1. The highest BCUT2D eigenvalue weighted by molar-refractivity contribution is 5.91. The van der Waals surface area contributed by atoms with Crippen molar-refractivity contribution in [2.24, 2.45) is 0 Å². The summed E-state index contributed by atoms with van der Waals surface area (Å²) in [6, 6.07) is 8.17. The minimum atomic E-state index is -0.416. The molecule has 2 aromatic heterocycles. The van der Waals surface area contributed by atoms with Gasteiger partial charge in [0.25, 0.3) is 0 Å². The number of aryl methyl sites for hydroxylation is 4. The Bertz CT molecular complexity index is 1130. The van der Waals surface area contributed by atoms with Crippen LogP contribution in [0, 0.1) is 44.7 Å². The van der Waals surface area contributed by atoms with Gasteiger partial charge in [-0.3, -0.25) is 24.3 Å². The third-order valence-corrected chi connectivity index (χ3v) is 5.53. The fraction of sp³-hybridized carbons (Fsp3) is 0.409. The molecular formula is C22H28N6O3. The molecule has 0 aliphatic carbocycles. The van der Waals surface area contributed by atoms with E-state index in [1.807, 2.05) is 30.7 Å². The molecule has 0 unspecified atom stereocenters. The van der Waals surface area contributed by atoms with Crippen LogP contribution in [0.1, 0.15) is 46.7 Å². The van der Waals surface area contributed by atoms with E-state index in [4.69, 9.17) is 0 Å². The number of carbonyl (C=O) groups excluding carboxylic acids is 1. The average Bonchev–Trinajstić information content (AvgIpc) is 3.13. The lowest BCUT2D eigenvalue weighted by atomic mass is 10.1. The number of hydrogen-bond acceptors (Lipinski definition) is 5. The molecule has 164 valence electrons. The van der Waals surface area contributed by atoms with Crippen LogP contribution in [0.5, 0.6) is 0 Å². The predicted molar refractivity (Wildman–Crippen MR) is 118 cm³/mol. The van der Waals surface area contributed by atoms with Gasteiger partial charge in [0.2, 0.25) is 5.91 Å². The van der Waals surface area contributed by atoms with Gasteiger partial charge in [0, 0.05) is 13.0 Å². The highest BCUT2D eigenvalue weighted by Crippen LogP contribution is 2.23. The van der Waals surface area contributed by atoms with Crippen molar-refractivity contribution in [1.29, 1.82) is 0 Å². The Morgan fingerprint density at radius 1 is 1.03 bits per heavy atom. The molecule has 0 bridgehead atoms. The third-order valence-electron chi connectivity index (χ3n) is 5.53. The van der Waals surface area contributed by atoms with E-state index in [1.165, 1.54) is 11.1 Å². The highest BCUT2D eigenvalue weighted by atomic mass is 16.6. The summed E-state index contributed by atoms with van der Waals surface area (Å²) in [5.74, 6) is -0.113. The van der Waals surface area contributed by atoms with Gasteiger partial charge in [0.15, 0.2) is 0 Å². The first-order valence-corrected chi connectivity index (χ1v) is 10.3. The number of aromatic nitrogens is 4. The summed E-state index contributed by atoms with van der Waals surface area (Å²) >= 11 is 0. The number of hydrogen-bond donors (Lipinski definition) is 1. The zero-order chi connectivity index (χ0) is 22.7. The summed E-state index contributed by atoms with van der Waals surface area (Å²) in [6.07, 6.45) is 0.814. The first kappa shape index (κ1) is 22.2. The molecule has 1 aromatic carbocycles. The summed E-state index contributed by atoms with van der Waals surface area (Å²) < 4.78 is 3.50. The monoisotopic (exact) mass is 424 g/mol. The molecule has 0 atom stereocenters. The zero-order valence-electron chi connectivity index (χ0n) is 18.6. The number of rotatable bonds is 8. The predicted octanol–water partition coefficient (Wildman–Crippen LogP) is 4.00. The van der Waals surface area contributed by atoms with Gasteiger partial charge in [-0.05, 0) is 52.2 Å². The minimum absolute atomic E-state index is 0.0387. The van der Waals surface area contributed by atoms with Gasteiger partial charge in [-0.25, -0.2) is 0 Å². The Kier molecular flexibility index (Phi) is 6.53. The van der Waals surface area contributed by atoms with E-state index < -0.39 is 4.92 Å². The molecule has 0 aliphatic heterocycles. The van der Waals surface area contributed by atoms with Gasteiger partial charge < -0.3 is 5.32 Å². The van der Waals surface area contributed by atoms with E-state index >= 15 is 0 Å².